The molecule has 6 nitrogen and oxygen atoms in total. The standard InChI is InChI=1S/C15H24N2O4/c1-19-13-5-4-11(14(20-2)15(13)21-3)12(10-18)17-8-6-16-7-9-17/h4-5,12,16,18H,6-10H2,1-3H3/t12-/m0/s1. The third-order valence-electron chi connectivity index (χ3n) is 3.86. The number of aliphatic hydroxyl groups is 1. The number of rotatable bonds is 6. The number of hydrogen-bond donors (Lipinski definition) is 2. The molecular weight excluding hydrogens is 272 g/mol. The molecule has 1 saturated heterocycles. The van der Waals surface area contributed by atoms with Gasteiger partial charge in [-0.3, -0.25) is 4.90 Å². The second-order valence-electron chi connectivity index (χ2n) is 4.91. The van der Waals surface area contributed by atoms with Crippen molar-refractivity contribution in [1.29, 1.82) is 0 Å². The molecule has 0 amide bonds. The van der Waals surface area contributed by atoms with Gasteiger partial charge in [0.25, 0.3) is 0 Å². The Kier molecular flexibility index (Phi) is 5.67. The van der Waals surface area contributed by atoms with E-state index in [4.69, 9.17) is 14.2 Å². The van der Waals surface area contributed by atoms with Gasteiger partial charge in [-0.2, -0.15) is 0 Å². The summed E-state index contributed by atoms with van der Waals surface area (Å²) >= 11 is 0. The normalized spacial score (nSPS) is 17.3. The van der Waals surface area contributed by atoms with Gasteiger partial charge >= 0.3 is 0 Å². The lowest BCUT2D eigenvalue weighted by Crippen LogP contribution is -2.46. The number of hydrogen-bond acceptors (Lipinski definition) is 6. The molecule has 0 unspecified atom stereocenters. The van der Waals surface area contributed by atoms with E-state index < -0.39 is 0 Å². The Hall–Kier alpha value is -1.50. The van der Waals surface area contributed by atoms with E-state index in [0.717, 1.165) is 31.7 Å². The minimum absolute atomic E-state index is 0.0336. The van der Waals surface area contributed by atoms with Crippen LogP contribution in [0.25, 0.3) is 0 Å². The average Bonchev–Trinajstić information content (AvgIpc) is 2.55. The van der Waals surface area contributed by atoms with E-state index in [1.54, 1.807) is 21.3 Å². The van der Waals surface area contributed by atoms with Gasteiger partial charge < -0.3 is 24.6 Å². The predicted octanol–water partition coefficient (Wildman–Crippen LogP) is 0.651. The van der Waals surface area contributed by atoms with Gasteiger partial charge in [-0.15, -0.1) is 0 Å². The van der Waals surface area contributed by atoms with Gasteiger partial charge in [0.05, 0.1) is 34.0 Å². The van der Waals surface area contributed by atoms with Crippen molar-refractivity contribution in [2.75, 3.05) is 54.1 Å². The molecule has 1 heterocycles. The lowest BCUT2D eigenvalue weighted by Gasteiger charge is -2.35. The highest BCUT2D eigenvalue weighted by Gasteiger charge is 2.27. The molecule has 0 radical (unpaired) electrons. The first-order valence-electron chi connectivity index (χ1n) is 7.11. The zero-order valence-corrected chi connectivity index (χ0v) is 12.9. The Morgan fingerprint density at radius 2 is 1.76 bits per heavy atom. The molecule has 1 fully saturated rings. The molecule has 21 heavy (non-hydrogen) atoms. The molecule has 1 atom stereocenters. The molecule has 0 spiro atoms. The highest BCUT2D eigenvalue weighted by atomic mass is 16.5. The van der Waals surface area contributed by atoms with Gasteiger partial charge in [-0.05, 0) is 12.1 Å². The summed E-state index contributed by atoms with van der Waals surface area (Å²) in [7, 11) is 4.78. The van der Waals surface area contributed by atoms with Crippen LogP contribution in [0.1, 0.15) is 11.6 Å². The van der Waals surface area contributed by atoms with Crippen molar-refractivity contribution in [2.45, 2.75) is 6.04 Å². The van der Waals surface area contributed by atoms with Gasteiger partial charge in [0.2, 0.25) is 5.75 Å². The average molecular weight is 296 g/mol. The van der Waals surface area contributed by atoms with E-state index in [0.29, 0.717) is 17.2 Å². The van der Waals surface area contributed by atoms with Gasteiger partial charge in [-0.1, -0.05) is 0 Å². The van der Waals surface area contributed by atoms with Crippen LogP contribution in [0, 0.1) is 0 Å². The summed E-state index contributed by atoms with van der Waals surface area (Å²) in [5.41, 5.74) is 0.916. The van der Waals surface area contributed by atoms with Crippen LogP contribution in [0.15, 0.2) is 12.1 Å². The zero-order valence-electron chi connectivity index (χ0n) is 12.9. The van der Waals surface area contributed by atoms with Crippen LogP contribution >= 0.6 is 0 Å². The number of nitrogens with zero attached hydrogens (tertiary/aromatic N) is 1. The SMILES string of the molecule is COc1ccc([C@H](CO)N2CCNCC2)c(OC)c1OC. The van der Waals surface area contributed by atoms with Crippen LogP contribution < -0.4 is 19.5 Å². The Labute approximate surface area is 125 Å². The summed E-state index contributed by atoms with van der Waals surface area (Å²) in [5, 5.41) is 13.2. The minimum atomic E-state index is -0.109. The summed E-state index contributed by atoms with van der Waals surface area (Å²) in [5.74, 6) is 1.80. The van der Waals surface area contributed by atoms with E-state index >= 15 is 0 Å². The third kappa shape index (κ3) is 3.23. The smallest absolute Gasteiger partial charge is 0.203 e. The summed E-state index contributed by atoms with van der Waals surface area (Å²) < 4.78 is 16.2. The maximum atomic E-state index is 9.85. The van der Waals surface area contributed by atoms with Crippen molar-refractivity contribution in [3.8, 4) is 17.2 Å². The topological polar surface area (TPSA) is 63.2 Å². The number of methoxy groups -OCH3 is 3. The van der Waals surface area contributed by atoms with E-state index in [-0.39, 0.29) is 12.6 Å². The van der Waals surface area contributed by atoms with E-state index in [2.05, 4.69) is 10.2 Å². The quantitative estimate of drug-likeness (QED) is 0.804. The predicted molar refractivity (Wildman–Crippen MR) is 80.4 cm³/mol. The fourth-order valence-electron chi connectivity index (χ4n) is 2.79. The molecule has 1 aromatic carbocycles. The van der Waals surface area contributed by atoms with Gasteiger partial charge in [-0.25, -0.2) is 0 Å². The second kappa shape index (κ2) is 7.49. The first-order chi connectivity index (χ1) is 10.3. The van der Waals surface area contributed by atoms with Crippen LogP contribution in [-0.2, 0) is 0 Å². The van der Waals surface area contributed by atoms with Crippen LogP contribution in [0.5, 0.6) is 17.2 Å². The summed E-state index contributed by atoms with van der Waals surface area (Å²) in [4.78, 5) is 2.25. The van der Waals surface area contributed by atoms with Crippen molar-refractivity contribution in [1.82, 2.24) is 10.2 Å². The van der Waals surface area contributed by atoms with E-state index in [1.165, 1.54) is 0 Å². The van der Waals surface area contributed by atoms with Gasteiger partial charge in [0.15, 0.2) is 11.5 Å². The highest BCUT2D eigenvalue weighted by Crippen LogP contribution is 2.43. The first-order valence-corrected chi connectivity index (χ1v) is 7.11. The lowest BCUT2D eigenvalue weighted by atomic mass is 10.0. The Morgan fingerprint density at radius 3 is 2.29 bits per heavy atom. The fourth-order valence-corrected chi connectivity index (χ4v) is 2.79. The van der Waals surface area contributed by atoms with Crippen LogP contribution in [0.4, 0.5) is 0 Å². The summed E-state index contributed by atoms with van der Waals surface area (Å²) in [6.45, 7) is 3.66. The summed E-state index contributed by atoms with van der Waals surface area (Å²) in [6, 6.07) is 3.67. The Bertz CT molecular complexity index is 461. The highest BCUT2D eigenvalue weighted by molar-refractivity contribution is 5.56. The van der Waals surface area contributed by atoms with Crippen LogP contribution in [0.3, 0.4) is 0 Å². The maximum Gasteiger partial charge on any atom is 0.203 e. The molecule has 2 N–H and O–H groups in total. The van der Waals surface area contributed by atoms with Crippen LogP contribution in [0.2, 0.25) is 0 Å². The first kappa shape index (κ1) is 15.9. The van der Waals surface area contributed by atoms with E-state index in [9.17, 15) is 5.11 Å². The van der Waals surface area contributed by atoms with Crippen molar-refractivity contribution in [3.63, 3.8) is 0 Å². The molecule has 2 rings (SSSR count). The number of aliphatic hydroxyl groups excluding tert-OH is 1. The number of piperazine rings is 1. The third-order valence-corrected chi connectivity index (χ3v) is 3.86. The van der Waals surface area contributed by atoms with Crippen molar-refractivity contribution in [2.24, 2.45) is 0 Å². The number of ether oxygens (including phenoxy) is 3. The molecular formula is C15H24N2O4. The molecule has 1 aliphatic heterocycles. The monoisotopic (exact) mass is 296 g/mol. The van der Waals surface area contributed by atoms with Crippen molar-refractivity contribution in [3.05, 3.63) is 17.7 Å². The molecule has 0 aromatic heterocycles. The zero-order chi connectivity index (χ0) is 15.2. The molecule has 118 valence electrons. The Balaban J connectivity index is 2.40. The van der Waals surface area contributed by atoms with Gasteiger partial charge in [0.1, 0.15) is 0 Å². The minimum Gasteiger partial charge on any atom is -0.493 e. The lowest BCUT2D eigenvalue weighted by molar-refractivity contribution is 0.108. The number of benzene rings is 1. The van der Waals surface area contributed by atoms with Crippen molar-refractivity contribution < 1.29 is 19.3 Å². The second-order valence-corrected chi connectivity index (χ2v) is 4.91. The molecule has 0 aliphatic carbocycles. The Morgan fingerprint density at radius 1 is 1.10 bits per heavy atom. The van der Waals surface area contributed by atoms with Crippen LogP contribution in [-0.4, -0.2) is 64.1 Å². The van der Waals surface area contributed by atoms with Crippen molar-refractivity contribution >= 4 is 0 Å². The maximum absolute atomic E-state index is 9.85. The molecule has 6 heteroatoms. The largest absolute Gasteiger partial charge is 0.493 e. The molecule has 1 aliphatic rings. The van der Waals surface area contributed by atoms with E-state index in [1.807, 2.05) is 12.1 Å². The molecule has 1 aromatic rings. The number of nitrogens with one attached hydrogen (secondary N) is 1. The summed E-state index contributed by atoms with van der Waals surface area (Å²) in [6.07, 6.45) is 0. The van der Waals surface area contributed by atoms with Gasteiger partial charge in [0, 0.05) is 31.7 Å². The molecule has 0 bridgehead atoms. The molecule has 0 saturated carbocycles. The fraction of sp³-hybridized carbons (Fsp3) is 0.600.